The first kappa shape index (κ1) is 23.7. The summed E-state index contributed by atoms with van der Waals surface area (Å²) >= 11 is 0. The van der Waals surface area contributed by atoms with Gasteiger partial charge in [0, 0.05) is 37.1 Å². The standard InChI is InChI=1S/C22H22N8O4S/c1-35(33,34)29-20-15(3-2-7-24-20)11-25-19-17(10-23)12-26-21(28-19)27-18-5-4-16-13-30(22(31)32)8-6-14(16)9-18/h2-5,7,9,12H,6,8,11,13H2,1H3,(H,24,29)(H,31,32)(H2,25,26,27,28). The van der Waals surface area contributed by atoms with Crippen molar-refractivity contribution >= 4 is 39.4 Å². The summed E-state index contributed by atoms with van der Waals surface area (Å²) in [6.45, 7) is 0.935. The van der Waals surface area contributed by atoms with Crippen LogP contribution in [0.5, 0.6) is 0 Å². The Balaban J connectivity index is 1.51. The van der Waals surface area contributed by atoms with Crippen LogP contribution in [0.4, 0.5) is 28.1 Å². The molecule has 0 unspecified atom stereocenters. The molecule has 0 radical (unpaired) electrons. The van der Waals surface area contributed by atoms with Crippen molar-refractivity contribution in [3.8, 4) is 6.07 Å². The Morgan fingerprint density at radius 2 is 2.06 bits per heavy atom. The number of amides is 1. The van der Waals surface area contributed by atoms with Crippen molar-refractivity contribution in [1.82, 2.24) is 19.9 Å². The minimum absolute atomic E-state index is 0.162. The molecule has 12 nitrogen and oxygen atoms in total. The second kappa shape index (κ2) is 9.82. The first-order valence-electron chi connectivity index (χ1n) is 10.5. The van der Waals surface area contributed by atoms with Crippen LogP contribution >= 0.6 is 0 Å². The molecule has 0 saturated heterocycles. The highest BCUT2D eigenvalue weighted by Crippen LogP contribution is 2.25. The second-order valence-electron chi connectivity index (χ2n) is 7.87. The highest BCUT2D eigenvalue weighted by molar-refractivity contribution is 7.92. The van der Waals surface area contributed by atoms with Gasteiger partial charge < -0.3 is 20.6 Å². The average molecular weight is 495 g/mol. The zero-order chi connectivity index (χ0) is 25.0. The Bertz CT molecular complexity index is 1420. The molecular weight excluding hydrogens is 472 g/mol. The normalized spacial score (nSPS) is 12.9. The molecule has 0 bridgehead atoms. The average Bonchev–Trinajstić information content (AvgIpc) is 2.82. The summed E-state index contributed by atoms with van der Waals surface area (Å²) in [5, 5.41) is 24.8. The van der Waals surface area contributed by atoms with Gasteiger partial charge >= 0.3 is 6.09 Å². The second-order valence-corrected chi connectivity index (χ2v) is 9.62. The van der Waals surface area contributed by atoms with Crippen molar-refractivity contribution in [2.75, 3.05) is 28.2 Å². The van der Waals surface area contributed by atoms with E-state index in [0.717, 1.165) is 23.1 Å². The number of aromatic nitrogens is 3. The van der Waals surface area contributed by atoms with E-state index in [1.54, 1.807) is 12.1 Å². The van der Waals surface area contributed by atoms with Crippen molar-refractivity contribution < 1.29 is 18.3 Å². The molecular formula is C22H22N8O4S. The van der Waals surface area contributed by atoms with E-state index in [2.05, 4.69) is 30.3 Å². The molecule has 2 aromatic heterocycles. The summed E-state index contributed by atoms with van der Waals surface area (Å²) in [6.07, 6.45) is 3.57. The molecule has 1 aliphatic rings. The van der Waals surface area contributed by atoms with Gasteiger partial charge in [0.2, 0.25) is 16.0 Å². The maximum atomic E-state index is 11.6. The number of rotatable bonds is 7. The van der Waals surface area contributed by atoms with Crippen LogP contribution in [0.3, 0.4) is 0 Å². The molecule has 0 saturated carbocycles. The Morgan fingerprint density at radius 1 is 1.23 bits per heavy atom. The highest BCUT2D eigenvalue weighted by atomic mass is 32.2. The van der Waals surface area contributed by atoms with Crippen LogP contribution in [-0.4, -0.2) is 52.3 Å². The predicted octanol–water partition coefficient (Wildman–Crippen LogP) is 2.51. The van der Waals surface area contributed by atoms with Crippen molar-refractivity contribution in [2.24, 2.45) is 0 Å². The monoisotopic (exact) mass is 494 g/mol. The van der Waals surface area contributed by atoms with Crippen LogP contribution in [0, 0.1) is 11.3 Å². The Kier molecular flexibility index (Phi) is 6.65. The van der Waals surface area contributed by atoms with Crippen LogP contribution in [-0.2, 0) is 29.5 Å². The fourth-order valence-corrected chi connectivity index (χ4v) is 4.14. The van der Waals surface area contributed by atoms with E-state index in [9.17, 15) is 23.6 Å². The number of carboxylic acid groups (broad SMARTS) is 1. The number of carbonyl (C=O) groups is 1. The quantitative estimate of drug-likeness (QED) is 0.382. The molecule has 13 heteroatoms. The van der Waals surface area contributed by atoms with Gasteiger partial charge in [-0.15, -0.1) is 0 Å². The van der Waals surface area contributed by atoms with E-state index < -0.39 is 16.1 Å². The maximum Gasteiger partial charge on any atom is 0.407 e. The highest BCUT2D eigenvalue weighted by Gasteiger charge is 2.20. The van der Waals surface area contributed by atoms with E-state index in [4.69, 9.17) is 0 Å². The number of benzene rings is 1. The fourth-order valence-electron chi connectivity index (χ4n) is 3.61. The lowest BCUT2D eigenvalue weighted by Crippen LogP contribution is -2.34. The van der Waals surface area contributed by atoms with Gasteiger partial charge in [0.15, 0.2) is 0 Å². The van der Waals surface area contributed by atoms with Crippen molar-refractivity contribution in [2.45, 2.75) is 19.5 Å². The van der Waals surface area contributed by atoms with Gasteiger partial charge in [0.1, 0.15) is 23.3 Å². The van der Waals surface area contributed by atoms with Crippen molar-refractivity contribution in [3.05, 3.63) is 65.0 Å². The lowest BCUT2D eigenvalue weighted by Gasteiger charge is -2.26. The van der Waals surface area contributed by atoms with Gasteiger partial charge in [0.25, 0.3) is 0 Å². The number of nitriles is 1. The predicted molar refractivity (Wildman–Crippen MR) is 129 cm³/mol. The van der Waals surface area contributed by atoms with E-state index >= 15 is 0 Å². The van der Waals surface area contributed by atoms with E-state index in [1.165, 1.54) is 17.3 Å². The Hall–Kier alpha value is -4.44. The minimum Gasteiger partial charge on any atom is -0.465 e. The number of pyridine rings is 1. The lowest BCUT2D eigenvalue weighted by molar-refractivity contribution is 0.140. The van der Waals surface area contributed by atoms with Gasteiger partial charge in [-0.3, -0.25) is 4.72 Å². The number of nitrogens with one attached hydrogen (secondary N) is 3. The third-order valence-electron chi connectivity index (χ3n) is 5.27. The summed E-state index contributed by atoms with van der Waals surface area (Å²) < 4.78 is 25.6. The third-order valence-corrected chi connectivity index (χ3v) is 5.84. The molecule has 0 aliphatic carbocycles. The zero-order valence-electron chi connectivity index (χ0n) is 18.7. The van der Waals surface area contributed by atoms with Gasteiger partial charge in [0.05, 0.1) is 12.5 Å². The van der Waals surface area contributed by atoms with Crippen molar-refractivity contribution in [3.63, 3.8) is 0 Å². The van der Waals surface area contributed by atoms with E-state index in [1.807, 2.05) is 24.3 Å². The van der Waals surface area contributed by atoms with Crippen LogP contribution in [0.15, 0.2) is 42.7 Å². The van der Waals surface area contributed by atoms with Crippen LogP contribution in [0.25, 0.3) is 0 Å². The first-order chi connectivity index (χ1) is 16.7. The summed E-state index contributed by atoms with van der Waals surface area (Å²) in [4.78, 5) is 25.3. The molecule has 3 heterocycles. The molecule has 180 valence electrons. The summed E-state index contributed by atoms with van der Waals surface area (Å²) in [5.74, 6) is 0.716. The largest absolute Gasteiger partial charge is 0.465 e. The van der Waals surface area contributed by atoms with Crippen LogP contribution in [0.1, 0.15) is 22.3 Å². The lowest BCUT2D eigenvalue weighted by atomic mass is 9.99. The molecule has 4 N–H and O–H groups in total. The maximum absolute atomic E-state index is 11.6. The molecule has 3 aromatic rings. The number of nitrogens with zero attached hydrogens (tertiary/aromatic N) is 5. The number of hydrogen-bond donors (Lipinski definition) is 4. The summed E-state index contributed by atoms with van der Waals surface area (Å²) in [6, 6.07) is 11.0. The van der Waals surface area contributed by atoms with Crippen molar-refractivity contribution in [1.29, 1.82) is 5.26 Å². The van der Waals surface area contributed by atoms with Crippen LogP contribution in [0.2, 0.25) is 0 Å². The number of sulfonamides is 1. The number of hydrogen-bond acceptors (Lipinski definition) is 9. The van der Waals surface area contributed by atoms with Gasteiger partial charge in [-0.1, -0.05) is 12.1 Å². The molecule has 1 aromatic carbocycles. The summed E-state index contributed by atoms with van der Waals surface area (Å²) in [5.41, 5.74) is 3.51. The fraction of sp³-hybridized carbons (Fsp3) is 0.227. The number of anilines is 4. The van der Waals surface area contributed by atoms with E-state index in [0.29, 0.717) is 25.1 Å². The van der Waals surface area contributed by atoms with Gasteiger partial charge in [-0.2, -0.15) is 10.2 Å². The molecule has 35 heavy (non-hydrogen) atoms. The van der Waals surface area contributed by atoms with Gasteiger partial charge in [-0.05, 0) is 35.7 Å². The summed E-state index contributed by atoms with van der Waals surface area (Å²) in [7, 11) is -3.51. The Labute approximate surface area is 201 Å². The van der Waals surface area contributed by atoms with E-state index in [-0.39, 0.29) is 29.7 Å². The molecule has 0 spiro atoms. The minimum atomic E-state index is -3.51. The topological polar surface area (TPSA) is 173 Å². The molecule has 0 atom stereocenters. The molecule has 1 aliphatic heterocycles. The van der Waals surface area contributed by atoms with Gasteiger partial charge in [-0.25, -0.2) is 23.2 Å². The third kappa shape index (κ3) is 5.92. The molecule has 4 rings (SSSR count). The molecule has 1 amide bonds. The molecule has 0 fully saturated rings. The number of fused-ring (bicyclic) bond motifs is 1. The SMILES string of the molecule is CS(=O)(=O)Nc1ncccc1CNc1nc(Nc2ccc3c(c2)CCN(C(=O)O)C3)ncc1C#N. The van der Waals surface area contributed by atoms with Crippen LogP contribution < -0.4 is 15.4 Å². The first-order valence-corrected chi connectivity index (χ1v) is 12.4. The zero-order valence-corrected chi connectivity index (χ0v) is 19.5. The smallest absolute Gasteiger partial charge is 0.407 e. The Morgan fingerprint density at radius 3 is 2.80 bits per heavy atom.